The van der Waals surface area contributed by atoms with Gasteiger partial charge >= 0.3 is 0 Å². The molecule has 23 heavy (non-hydrogen) atoms. The lowest BCUT2D eigenvalue weighted by Crippen LogP contribution is -2.12. The van der Waals surface area contributed by atoms with E-state index in [1.165, 1.54) is 0 Å². The van der Waals surface area contributed by atoms with Crippen molar-refractivity contribution in [3.63, 3.8) is 0 Å². The van der Waals surface area contributed by atoms with Crippen LogP contribution in [-0.2, 0) is 0 Å². The molecule has 0 saturated carbocycles. The second-order valence-electron chi connectivity index (χ2n) is 5.26. The predicted molar refractivity (Wildman–Crippen MR) is 88.2 cm³/mol. The topological polar surface area (TPSA) is 77.1 Å². The van der Waals surface area contributed by atoms with Crippen molar-refractivity contribution >= 4 is 11.0 Å². The maximum atomic E-state index is 12.4. The average molecular weight is 311 g/mol. The van der Waals surface area contributed by atoms with Gasteiger partial charge in [0.2, 0.25) is 0 Å². The maximum Gasteiger partial charge on any atom is 0.260 e. The van der Waals surface area contributed by atoms with E-state index in [9.17, 15) is 4.79 Å². The number of fused-ring (bicyclic) bond motifs is 1. The molecule has 0 saturated heterocycles. The largest absolute Gasteiger partial charge is 0.497 e. The van der Waals surface area contributed by atoms with Crippen molar-refractivity contribution in [3.8, 4) is 22.9 Å². The Balaban J connectivity index is 2.27. The van der Waals surface area contributed by atoms with Gasteiger partial charge in [-0.25, -0.2) is 9.97 Å². The monoisotopic (exact) mass is 311 g/mol. The van der Waals surface area contributed by atoms with Gasteiger partial charge in [-0.3, -0.25) is 4.79 Å². The van der Waals surface area contributed by atoms with Crippen molar-refractivity contribution in [3.05, 3.63) is 45.9 Å². The normalized spacial score (nSPS) is 10.8. The third kappa shape index (κ3) is 2.63. The van der Waals surface area contributed by atoms with Gasteiger partial charge in [-0.2, -0.15) is 0 Å². The fraction of sp³-hybridized carbons (Fsp3) is 0.235. The molecule has 0 aliphatic carbocycles. The van der Waals surface area contributed by atoms with Crippen LogP contribution in [0.1, 0.15) is 11.3 Å². The van der Waals surface area contributed by atoms with Crippen LogP contribution in [0.3, 0.4) is 0 Å². The fourth-order valence-corrected chi connectivity index (χ4v) is 2.60. The number of aromatic nitrogens is 3. The van der Waals surface area contributed by atoms with Crippen LogP contribution in [0.5, 0.6) is 11.5 Å². The summed E-state index contributed by atoms with van der Waals surface area (Å²) < 4.78 is 10.6. The molecule has 0 fully saturated rings. The second kappa shape index (κ2) is 5.72. The number of methoxy groups -OCH3 is 2. The summed E-state index contributed by atoms with van der Waals surface area (Å²) in [4.78, 5) is 24.1. The summed E-state index contributed by atoms with van der Waals surface area (Å²) in [6.45, 7) is 3.75. The first kappa shape index (κ1) is 15.0. The molecular weight excluding hydrogens is 294 g/mol. The molecule has 6 heteroatoms. The molecule has 0 bridgehead atoms. The minimum atomic E-state index is -0.215. The summed E-state index contributed by atoms with van der Waals surface area (Å²) in [5, 5.41) is 0.506. The lowest BCUT2D eigenvalue weighted by Gasteiger charge is -2.10. The van der Waals surface area contributed by atoms with Crippen LogP contribution >= 0.6 is 0 Å². The molecule has 0 amide bonds. The Morgan fingerprint density at radius 3 is 2.52 bits per heavy atom. The van der Waals surface area contributed by atoms with Crippen molar-refractivity contribution in [2.24, 2.45) is 0 Å². The SMILES string of the molecule is COc1ccc(-c2nc3nc(C)cc(C)c3c(=O)[nH]2)c(OC)c1. The van der Waals surface area contributed by atoms with Gasteiger partial charge in [0.05, 0.1) is 25.2 Å². The minimum absolute atomic E-state index is 0.215. The van der Waals surface area contributed by atoms with Crippen LogP contribution in [0.2, 0.25) is 0 Å². The molecule has 0 aliphatic rings. The van der Waals surface area contributed by atoms with E-state index in [1.54, 1.807) is 32.4 Å². The smallest absolute Gasteiger partial charge is 0.260 e. The molecule has 0 radical (unpaired) electrons. The van der Waals surface area contributed by atoms with Gasteiger partial charge < -0.3 is 14.5 Å². The Bertz CT molecular complexity index is 948. The highest BCUT2D eigenvalue weighted by Gasteiger charge is 2.14. The van der Waals surface area contributed by atoms with Crippen molar-refractivity contribution in [1.82, 2.24) is 15.0 Å². The summed E-state index contributed by atoms with van der Waals surface area (Å²) in [7, 11) is 3.14. The van der Waals surface area contributed by atoms with E-state index >= 15 is 0 Å². The van der Waals surface area contributed by atoms with Gasteiger partial charge in [0.15, 0.2) is 5.65 Å². The first-order valence-corrected chi connectivity index (χ1v) is 7.14. The zero-order valence-electron chi connectivity index (χ0n) is 13.4. The Hall–Kier alpha value is -2.89. The molecule has 3 aromatic rings. The molecular formula is C17H17N3O3. The van der Waals surface area contributed by atoms with E-state index < -0.39 is 0 Å². The zero-order chi connectivity index (χ0) is 16.6. The molecule has 0 unspecified atom stereocenters. The van der Waals surface area contributed by atoms with Crippen LogP contribution in [-0.4, -0.2) is 29.2 Å². The number of aryl methyl sites for hydroxylation is 2. The molecule has 118 valence electrons. The van der Waals surface area contributed by atoms with Gasteiger partial charge in [-0.1, -0.05) is 0 Å². The van der Waals surface area contributed by atoms with Crippen molar-refractivity contribution < 1.29 is 9.47 Å². The Kier molecular flexibility index (Phi) is 3.73. The van der Waals surface area contributed by atoms with Crippen molar-refractivity contribution in [2.45, 2.75) is 13.8 Å². The number of pyridine rings is 1. The predicted octanol–water partition coefficient (Wildman–Crippen LogP) is 2.62. The molecule has 6 nitrogen and oxygen atoms in total. The van der Waals surface area contributed by atoms with E-state index in [2.05, 4.69) is 15.0 Å². The zero-order valence-corrected chi connectivity index (χ0v) is 13.4. The van der Waals surface area contributed by atoms with Gasteiger partial charge in [-0.05, 0) is 37.6 Å². The van der Waals surface area contributed by atoms with E-state index in [4.69, 9.17) is 9.47 Å². The van der Waals surface area contributed by atoms with Crippen LogP contribution in [0.25, 0.3) is 22.4 Å². The van der Waals surface area contributed by atoms with E-state index in [-0.39, 0.29) is 5.56 Å². The lowest BCUT2D eigenvalue weighted by molar-refractivity contribution is 0.395. The number of hydrogen-bond donors (Lipinski definition) is 1. The van der Waals surface area contributed by atoms with Crippen LogP contribution < -0.4 is 15.0 Å². The standard InChI is InChI=1S/C17H17N3O3/c1-9-7-10(2)18-16-14(9)17(21)20-15(19-16)12-6-5-11(22-3)8-13(12)23-4/h5-8H,1-4H3,(H,18,19,20,21). The molecule has 1 aromatic carbocycles. The number of rotatable bonds is 3. The molecule has 2 heterocycles. The molecule has 0 spiro atoms. The minimum Gasteiger partial charge on any atom is -0.497 e. The number of H-pyrrole nitrogens is 1. The van der Waals surface area contributed by atoms with Gasteiger partial charge in [0, 0.05) is 11.8 Å². The van der Waals surface area contributed by atoms with Crippen LogP contribution in [0.15, 0.2) is 29.1 Å². The Labute approximate surface area is 133 Å². The summed E-state index contributed by atoms with van der Waals surface area (Å²) >= 11 is 0. The number of nitrogens with one attached hydrogen (secondary N) is 1. The van der Waals surface area contributed by atoms with E-state index in [0.717, 1.165) is 11.3 Å². The average Bonchev–Trinajstić information content (AvgIpc) is 2.52. The highest BCUT2D eigenvalue weighted by Crippen LogP contribution is 2.31. The Morgan fingerprint density at radius 1 is 1.04 bits per heavy atom. The third-order valence-corrected chi connectivity index (χ3v) is 3.67. The lowest BCUT2D eigenvalue weighted by atomic mass is 10.1. The number of hydrogen-bond acceptors (Lipinski definition) is 5. The number of aromatic amines is 1. The Morgan fingerprint density at radius 2 is 1.83 bits per heavy atom. The summed E-state index contributed by atoms with van der Waals surface area (Å²) in [5.74, 6) is 1.65. The number of ether oxygens (including phenoxy) is 2. The third-order valence-electron chi connectivity index (χ3n) is 3.67. The molecule has 1 N–H and O–H groups in total. The van der Waals surface area contributed by atoms with Gasteiger partial charge in [-0.15, -0.1) is 0 Å². The van der Waals surface area contributed by atoms with E-state index in [0.29, 0.717) is 33.9 Å². The van der Waals surface area contributed by atoms with Crippen LogP contribution in [0.4, 0.5) is 0 Å². The first-order valence-electron chi connectivity index (χ1n) is 7.14. The summed E-state index contributed by atoms with van der Waals surface area (Å²) in [6, 6.07) is 7.20. The highest BCUT2D eigenvalue weighted by atomic mass is 16.5. The number of nitrogens with zero attached hydrogens (tertiary/aromatic N) is 2. The summed E-state index contributed by atoms with van der Waals surface area (Å²) in [5.41, 5.74) is 2.57. The summed E-state index contributed by atoms with van der Waals surface area (Å²) in [6.07, 6.45) is 0. The molecule has 2 aromatic heterocycles. The first-order chi connectivity index (χ1) is 11.0. The van der Waals surface area contributed by atoms with Crippen molar-refractivity contribution in [2.75, 3.05) is 14.2 Å². The van der Waals surface area contributed by atoms with Crippen molar-refractivity contribution in [1.29, 1.82) is 0 Å². The highest BCUT2D eigenvalue weighted by molar-refractivity contribution is 5.80. The van der Waals surface area contributed by atoms with Gasteiger partial charge in [0.1, 0.15) is 17.3 Å². The molecule has 0 atom stereocenters. The number of benzene rings is 1. The molecule has 0 aliphatic heterocycles. The van der Waals surface area contributed by atoms with E-state index in [1.807, 2.05) is 19.9 Å². The maximum absolute atomic E-state index is 12.4. The van der Waals surface area contributed by atoms with Gasteiger partial charge in [0.25, 0.3) is 5.56 Å². The fourth-order valence-electron chi connectivity index (χ4n) is 2.60. The second-order valence-corrected chi connectivity index (χ2v) is 5.26. The molecule has 3 rings (SSSR count). The quantitative estimate of drug-likeness (QED) is 0.804. The van der Waals surface area contributed by atoms with Crippen LogP contribution in [0, 0.1) is 13.8 Å².